The number of rotatable bonds is 4. The van der Waals surface area contributed by atoms with E-state index in [-0.39, 0.29) is 4.90 Å². The molecule has 1 aromatic carbocycles. The van der Waals surface area contributed by atoms with E-state index in [0.29, 0.717) is 24.4 Å². The molecule has 8 heteroatoms. The number of nitrogens with zero attached hydrogens (tertiary/aromatic N) is 2. The second kappa shape index (κ2) is 5.96. The summed E-state index contributed by atoms with van der Waals surface area (Å²) >= 11 is 1.46. The minimum Gasteiger partial charge on any atom is -0.366 e. The van der Waals surface area contributed by atoms with Crippen LogP contribution in [0.5, 0.6) is 0 Å². The summed E-state index contributed by atoms with van der Waals surface area (Å²) in [7, 11) is -3.80. The molecular formula is C13H19N3O3S2. The largest absolute Gasteiger partial charge is 0.366 e. The van der Waals surface area contributed by atoms with Crippen molar-refractivity contribution in [3.63, 3.8) is 0 Å². The molecule has 0 aromatic heterocycles. The number of hydrogen-bond acceptors (Lipinski definition) is 5. The zero-order valence-corrected chi connectivity index (χ0v) is 13.6. The summed E-state index contributed by atoms with van der Waals surface area (Å²) in [6.45, 7) is 5.06. The van der Waals surface area contributed by atoms with Crippen LogP contribution in [0.15, 0.2) is 34.2 Å². The molecule has 0 saturated carbocycles. The molecule has 0 aliphatic carbocycles. The van der Waals surface area contributed by atoms with Gasteiger partial charge < -0.3 is 10.0 Å². The lowest BCUT2D eigenvalue weighted by molar-refractivity contribution is -0.0455. The van der Waals surface area contributed by atoms with Crippen LogP contribution >= 0.6 is 11.8 Å². The average molecular weight is 329 g/mol. The van der Waals surface area contributed by atoms with Crippen molar-refractivity contribution in [3.05, 3.63) is 29.8 Å². The highest BCUT2D eigenvalue weighted by Crippen LogP contribution is 2.39. The van der Waals surface area contributed by atoms with Crippen LogP contribution < -0.4 is 5.14 Å². The number of thioether (sulfide) groups is 1. The molecule has 21 heavy (non-hydrogen) atoms. The van der Waals surface area contributed by atoms with E-state index in [9.17, 15) is 13.5 Å². The molecule has 116 valence electrons. The van der Waals surface area contributed by atoms with E-state index in [0.717, 1.165) is 5.17 Å². The second-order valence-electron chi connectivity index (χ2n) is 4.68. The van der Waals surface area contributed by atoms with E-state index in [1.807, 2.05) is 13.8 Å². The summed E-state index contributed by atoms with van der Waals surface area (Å²) in [6, 6.07) is 6.13. The van der Waals surface area contributed by atoms with Crippen molar-refractivity contribution in [2.24, 2.45) is 10.1 Å². The zero-order chi connectivity index (χ0) is 15.7. The topological polar surface area (TPSA) is 96.0 Å². The van der Waals surface area contributed by atoms with Crippen molar-refractivity contribution < 1.29 is 13.5 Å². The molecule has 1 aliphatic rings. The quantitative estimate of drug-likeness (QED) is 0.856. The molecule has 0 bridgehead atoms. The highest BCUT2D eigenvalue weighted by atomic mass is 32.2. The molecule has 0 spiro atoms. The molecule has 1 aliphatic heterocycles. The van der Waals surface area contributed by atoms with Gasteiger partial charge in [-0.25, -0.2) is 13.6 Å². The van der Waals surface area contributed by atoms with Crippen molar-refractivity contribution in [1.29, 1.82) is 0 Å². The molecular weight excluding hydrogens is 310 g/mol. The number of sulfonamides is 1. The number of aliphatic hydroxyl groups is 1. The van der Waals surface area contributed by atoms with Gasteiger partial charge >= 0.3 is 0 Å². The third-order valence-electron chi connectivity index (χ3n) is 3.31. The number of aliphatic imine (C=N–C) groups is 1. The Kier molecular flexibility index (Phi) is 4.62. The van der Waals surface area contributed by atoms with Gasteiger partial charge in [0.2, 0.25) is 10.0 Å². The van der Waals surface area contributed by atoms with Gasteiger partial charge in [0, 0.05) is 18.7 Å². The number of benzene rings is 1. The maximum atomic E-state index is 11.5. The van der Waals surface area contributed by atoms with Crippen LogP contribution in [0.3, 0.4) is 0 Å². The Balaban J connectivity index is 2.48. The lowest BCUT2D eigenvalue weighted by atomic mass is 10.0. The molecule has 2 rings (SSSR count). The summed E-state index contributed by atoms with van der Waals surface area (Å²) in [5.41, 5.74) is -0.765. The van der Waals surface area contributed by atoms with Crippen molar-refractivity contribution in [1.82, 2.24) is 4.90 Å². The molecule has 0 radical (unpaired) electrons. The molecule has 0 amide bonds. The van der Waals surface area contributed by atoms with Gasteiger partial charge in [0.1, 0.15) is 0 Å². The van der Waals surface area contributed by atoms with Crippen LogP contribution in [0.2, 0.25) is 0 Å². The Bertz CT molecular complexity index is 660. The first-order valence-electron chi connectivity index (χ1n) is 6.63. The Morgan fingerprint density at radius 1 is 1.48 bits per heavy atom. The van der Waals surface area contributed by atoms with Crippen LogP contribution in [0.4, 0.5) is 0 Å². The van der Waals surface area contributed by atoms with Crippen molar-refractivity contribution >= 4 is 27.0 Å². The van der Waals surface area contributed by atoms with E-state index < -0.39 is 15.7 Å². The number of nitrogens with two attached hydrogens (primary N) is 1. The normalized spacial score (nSPS) is 24.8. The van der Waals surface area contributed by atoms with Crippen LogP contribution in [0.1, 0.15) is 19.4 Å². The molecule has 1 unspecified atom stereocenters. The molecule has 1 atom stereocenters. The van der Waals surface area contributed by atoms with E-state index in [2.05, 4.69) is 4.99 Å². The number of hydrogen-bond donors (Lipinski definition) is 2. The fourth-order valence-electron chi connectivity index (χ4n) is 2.30. The summed E-state index contributed by atoms with van der Waals surface area (Å²) in [5, 5.41) is 16.9. The first-order valence-corrected chi connectivity index (χ1v) is 9.16. The van der Waals surface area contributed by atoms with E-state index in [1.54, 1.807) is 17.0 Å². The third kappa shape index (κ3) is 3.08. The van der Waals surface area contributed by atoms with E-state index in [4.69, 9.17) is 5.14 Å². The summed E-state index contributed by atoms with van der Waals surface area (Å²) < 4.78 is 23.0. The van der Waals surface area contributed by atoms with Gasteiger partial charge in [-0.3, -0.25) is 4.99 Å². The van der Waals surface area contributed by atoms with Crippen LogP contribution in [-0.4, -0.2) is 42.4 Å². The summed E-state index contributed by atoms with van der Waals surface area (Å²) in [6.07, 6.45) is 0. The third-order valence-corrected chi connectivity index (χ3v) is 5.38. The van der Waals surface area contributed by atoms with Gasteiger partial charge in [0.25, 0.3) is 0 Å². The van der Waals surface area contributed by atoms with Crippen molar-refractivity contribution in [2.75, 3.05) is 18.8 Å². The average Bonchev–Trinajstić information content (AvgIpc) is 2.76. The van der Waals surface area contributed by atoms with Crippen LogP contribution in [0, 0.1) is 0 Å². The predicted molar refractivity (Wildman–Crippen MR) is 84.5 cm³/mol. The molecule has 1 saturated heterocycles. The fraction of sp³-hybridized carbons (Fsp3) is 0.462. The Labute approximate surface area is 129 Å². The van der Waals surface area contributed by atoms with Crippen LogP contribution in [0.25, 0.3) is 0 Å². The van der Waals surface area contributed by atoms with Gasteiger partial charge in [-0.15, -0.1) is 0 Å². The van der Waals surface area contributed by atoms with E-state index >= 15 is 0 Å². The first kappa shape index (κ1) is 16.3. The van der Waals surface area contributed by atoms with Crippen molar-refractivity contribution in [2.45, 2.75) is 24.5 Å². The Morgan fingerprint density at radius 3 is 2.76 bits per heavy atom. The maximum Gasteiger partial charge on any atom is 0.238 e. The molecule has 3 N–H and O–H groups in total. The van der Waals surface area contributed by atoms with Gasteiger partial charge in [-0.1, -0.05) is 23.9 Å². The smallest absolute Gasteiger partial charge is 0.238 e. The van der Waals surface area contributed by atoms with Gasteiger partial charge in [0.15, 0.2) is 10.9 Å². The summed E-state index contributed by atoms with van der Waals surface area (Å²) in [5.74, 6) is 0.397. The lowest BCUT2D eigenvalue weighted by Gasteiger charge is -2.33. The van der Waals surface area contributed by atoms with Crippen molar-refractivity contribution in [3.8, 4) is 0 Å². The highest BCUT2D eigenvalue weighted by molar-refractivity contribution is 8.14. The lowest BCUT2D eigenvalue weighted by Crippen LogP contribution is -2.45. The minimum atomic E-state index is -3.80. The standard InChI is InChI=1S/C13H19N3O3S2/c1-3-15-12-16(4-2)13(17,9-20-12)10-6-5-7-11(8-10)21(14,18)19/h5-8,17H,3-4,9H2,1-2H3,(H2,14,18,19). The maximum absolute atomic E-state index is 11.5. The molecule has 1 fully saturated rings. The Morgan fingerprint density at radius 2 is 2.19 bits per heavy atom. The molecule has 6 nitrogen and oxygen atoms in total. The zero-order valence-electron chi connectivity index (χ0n) is 12.0. The Hall–Kier alpha value is -1.09. The fourth-order valence-corrected chi connectivity index (χ4v) is 4.17. The number of amidine groups is 1. The first-order chi connectivity index (χ1) is 9.82. The van der Waals surface area contributed by atoms with Gasteiger partial charge in [-0.05, 0) is 26.0 Å². The predicted octanol–water partition coefficient (Wildman–Crippen LogP) is 0.924. The second-order valence-corrected chi connectivity index (χ2v) is 7.18. The molecule has 1 heterocycles. The van der Waals surface area contributed by atoms with E-state index in [1.165, 1.54) is 23.9 Å². The van der Waals surface area contributed by atoms with Gasteiger partial charge in [-0.2, -0.15) is 0 Å². The SMILES string of the molecule is CCN=C1SCC(O)(c2cccc(S(N)(=O)=O)c2)N1CC. The number of primary sulfonamides is 1. The summed E-state index contributed by atoms with van der Waals surface area (Å²) in [4.78, 5) is 6.15. The highest BCUT2D eigenvalue weighted by Gasteiger charge is 2.44. The monoisotopic (exact) mass is 329 g/mol. The van der Waals surface area contributed by atoms with Gasteiger partial charge in [0.05, 0.1) is 10.6 Å². The molecule has 1 aromatic rings. The minimum absolute atomic E-state index is 0.00430. The van der Waals surface area contributed by atoms with Crippen LogP contribution in [-0.2, 0) is 15.7 Å².